The van der Waals surface area contributed by atoms with E-state index in [9.17, 15) is 41.3 Å². The molecule has 0 saturated carbocycles. The summed E-state index contributed by atoms with van der Waals surface area (Å²) in [5.41, 5.74) is -3.74. The van der Waals surface area contributed by atoms with E-state index in [-0.39, 0.29) is 27.7 Å². The number of nitrogens with one attached hydrogen (secondary N) is 1. The third-order valence-electron chi connectivity index (χ3n) is 4.25. The molecule has 0 aliphatic rings. The van der Waals surface area contributed by atoms with E-state index < -0.39 is 40.3 Å². The predicted octanol–water partition coefficient (Wildman–Crippen LogP) is 5.38. The summed E-state index contributed by atoms with van der Waals surface area (Å²) in [4.78, 5) is 22.8. The molecular weight excluding hydrogens is 446 g/mol. The van der Waals surface area contributed by atoms with Gasteiger partial charge in [0, 0.05) is 17.8 Å². The van der Waals surface area contributed by atoms with Crippen LogP contribution in [0.15, 0.2) is 48.5 Å². The molecule has 1 amide bonds. The second-order valence-electron chi connectivity index (χ2n) is 6.60. The fourth-order valence-corrected chi connectivity index (χ4v) is 2.79. The van der Waals surface area contributed by atoms with Gasteiger partial charge in [-0.1, -0.05) is 6.07 Å². The number of nitro benzene ring substituents is 1. The lowest BCUT2D eigenvalue weighted by Gasteiger charge is -2.11. The number of alkyl halides is 6. The van der Waals surface area contributed by atoms with Crippen molar-refractivity contribution in [2.24, 2.45) is 0 Å². The predicted molar refractivity (Wildman–Crippen MR) is 99.4 cm³/mol. The molecule has 0 unspecified atom stereocenters. The number of anilines is 1. The molecule has 0 atom stereocenters. The van der Waals surface area contributed by atoms with Gasteiger partial charge in [0.05, 0.1) is 10.6 Å². The quantitative estimate of drug-likeness (QED) is 0.323. The van der Waals surface area contributed by atoms with E-state index in [1.165, 1.54) is 12.1 Å². The lowest BCUT2D eigenvalue weighted by Crippen LogP contribution is -2.15. The Morgan fingerprint density at radius 1 is 1.00 bits per heavy atom. The topological polar surface area (TPSA) is 90.1 Å². The summed E-state index contributed by atoms with van der Waals surface area (Å²) in [6.07, 6.45) is -10.2. The Hall–Kier alpha value is -3.90. The molecule has 0 radical (unpaired) electrons. The summed E-state index contributed by atoms with van der Waals surface area (Å²) in [7, 11) is 0. The summed E-state index contributed by atoms with van der Waals surface area (Å²) in [6, 6.07) is 8.08. The average molecular weight is 458 g/mol. The minimum absolute atomic E-state index is 0.0475. The monoisotopic (exact) mass is 458 g/mol. The van der Waals surface area contributed by atoms with E-state index in [2.05, 4.69) is 10.4 Å². The van der Waals surface area contributed by atoms with Crippen LogP contribution in [0, 0.1) is 17.0 Å². The summed E-state index contributed by atoms with van der Waals surface area (Å²) >= 11 is 0. The van der Waals surface area contributed by atoms with E-state index in [0.717, 1.165) is 30.3 Å². The van der Waals surface area contributed by atoms with Crippen LogP contribution in [0.25, 0.3) is 5.69 Å². The van der Waals surface area contributed by atoms with Crippen LogP contribution in [-0.2, 0) is 12.4 Å². The fourth-order valence-electron chi connectivity index (χ4n) is 2.79. The fraction of sp³-hybridized carbons (Fsp3) is 0.158. The van der Waals surface area contributed by atoms with Crippen molar-refractivity contribution in [2.45, 2.75) is 19.3 Å². The highest BCUT2D eigenvalue weighted by Crippen LogP contribution is 2.36. The van der Waals surface area contributed by atoms with Gasteiger partial charge in [-0.05, 0) is 42.8 Å². The molecule has 0 aliphatic heterocycles. The lowest BCUT2D eigenvalue weighted by atomic mass is 10.1. The van der Waals surface area contributed by atoms with Crippen molar-refractivity contribution in [1.29, 1.82) is 0 Å². The van der Waals surface area contributed by atoms with Crippen molar-refractivity contribution in [3.63, 3.8) is 0 Å². The van der Waals surface area contributed by atoms with Gasteiger partial charge >= 0.3 is 12.4 Å². The van der Waals surface area contributed by atoms with Gasteiger partial charge in [-0.3, -0.25) is 14.9 Å². The molecule has 1 aromatic heterocycles. The van der Waals surface area contributed by atoms with Gasteiger partial charge in [-0.25, -0.2) is 4.68 Å². The third-order valence-corrected chi connectivity index (χ3v) is 4.25. The van der Waals surface area contributed by atoms with Crippen LogP contribution < -0.4 is 5.32 Å². The number of carbonyl (C=O) groups excluding carboxylic acids is 1. The van der Waals surface area contributed by atoms with Gasteiger partial charge in [-0.2, -0.15) is 31.4 Å². The van der Waals surface area contributed by atoms with E-state index in [1.807, 2.05) is 0 Å². The van der Waals surface area contributed by atoms with Crippen LogP contribution in [0.3, 0.4) is 0 Å². The van der Waals surface area contributed by atoms with Gasteiger partial charge in [0.25, 0.3) is 11.6 Å². The third kappa shape index (κ3) is 4.71. The van der Waals surface area contributed by atoms with Crippen LogP contribution in [0.5, 0.6) is 0 Å². The molecule has 2 aromatic carbocycles. The number of hydrogen-bond acceptors (Lipinski definition) is 4. The van der Waals surface area contributed by atoms with Gasteiger partial charge in [-0.15, -0.1) is 0 Å². The molecule has 3 rings (SSSR count). The van der Waals surface area contributed by atoms with Crippen LogP contribution >= 0.6 is 0 Å². The van der Waals surface area contributed by atoms with Crippen molar-refractivity contribution >= 4 is 17.3 Å². The van der Waals surface area contributed by atoms with Gasteiger partial charge in [0.1, 0.15) is 11.3 Å². The molecule has 0 bridgehead atoms. The Morgan fingerprint density at radius 2 is 1.62 bits per heavy atom. The average Bonchev–Trinajstić information content (AvgIpc) is 3.14. The number of benzene rings is 2. The minimum Gasteiger partial charge on any atom is -0.322 e. The zero-order chi connectivity index (χ0) is 23.8. The molecule has 0 fully saturated rings. The van der Waals surface area contributed by atoms with E-state index in [4.69, 9.17) is 0 Å². The van der Waals surface area contributed by atoms with Crippen LogP contribution in [0.4, 0.5) is 37.7 Å². The smallest absolute Gasteiger partial charge is 0.322 e. The van der Waals surface area contributed by atoms with Crippen molar-refractivity contribution in [2.75, 3.05) is 5.32 Å². The SMILES string of the molecule is Cc1ccc([N+](=O)[O-])c(C(=O)Nc2ccc(-n3nc(C(F)(F)F)cc3C(F)(F)F)cc2)c1. The molecule has 7 nitrogen and oxygen atoms in total. The van der Waals surface area contributed by atoms with Crippen LogP contribution in [-0.4, -0.2) is 20.6 Å². The summed E-state index contributed by atoms with van der Waals surface area (Å²) in [6.45, 7) is 1.62. The van der Waals surface area contributed by atoms with Crippen LogP contribution in [0.2, 0.25) is 0 Å². The standard InChI is InChI=1S/C19H12F6N4O3/c1-10-2-7-14(29(31)32)13(8-10)17(30)26-11-3-5-12(6-4-11)28-16(19(23,24)25)9-15(27-28)18(20,21)22/h2-9H,1H3,(H,26,30). The molecule has 168 valence electrons. The summed E-state index contributed by atoms with van der Waals surface area (Å²) in [5.74, 6) is -0.845. The first kappa shape index (κ1) is 22.8. The highest BCUT2D eigenvalue weighted by Gasteiger charge is 2.42. The number of halogens is 6. The highest BCUT2D eigenvalue weighted by atomic mass is 19.4. The van der Waals surface area contributed by atoms with E-state index in [1.54, 1.807) is 6.92 Å². The maximum atomic E-state index is 13.2. The zero-order valence-electron chi connectivity index (χ0n) is 16.0. The number of aryl methyl sites for hydroxylation is 1. The van der Waals surface area contributed by atoms with Crippen molar-refractivity contribution in [1.82, 2.24) is 9.78 Å². The number of carbonyl (C=O) groups is 1. The number of nitro groups is 1. The Kier molecular flexibility index (Phi) is 5.68. The molecule has 0 saturated heterocycles. The van der Waals surface area contributed by atoms with Crippen molar-refractivity contribution < 1.29 is 36.1 Å². The Balaban J connectivity index is 1.92. The van der Waals surface area contributed by atoms with Crippen molar-refractivity contribution in [3.8, 4) is 5.69 Å². The maximum absolute atomic E-state index is 13.2. The molecule has 32 heavy (non-hydrogen) atoms. The van der Waals surface area contributed by atoms with Gasteiger partial charge in [0.2, 0.25) is 0 Å². The van der Waals surface area contributed by atoms with Crippen molar-refractivity contribution in [3.05, 3.63) is 81.2 Å². The molecule has 0 aliphatic carbocycles. The van der Waals surface area contributed by atoms with E-state index in [0.29, 0.717) is 5.56 Å². The number of nitrogens with zero attached hydrogens (tertiary/aromatic N) is 3. The Morgan fingerprint density at radius 3 is 2.16 bits per heavy atom. The first-order valence-electron chi connectivity index (χ1n) is 8.68. The summed E-state index contributed by atoms with van der Waals surface area (Å²) < 4.78 is 78.1. The number of amides is 1. The molecule has 0 spiro atoms. The second kappa shape index (κ2) is 7.98. The van der Waals surface area contributed by atoms with Crippen LogP contribution in [0.1, 0.15) is 27.3 Å². The molecule has 3 aromatic rings. The Bertz CT molecular complexity index is 1180. The molecule has 1 N–H and O–H groups in total. The number of rotatable bonds is 4. The minimum atomic E-state index is -5.10. The Labute approximate surface area is 175 Å². The second-order valence-corrected chi connectivity index (χ2v) is 6.60. The van der Waals surface area contributed by atoms with Gasteiger partial charge in [0.15, 0.2) is 5.69 Å². The van der Waals surface area contributed by atoms with Gasteiger partial charge < -0.3 is 5.32 Å². The summed E-state index contributed by atoms with van der Waals surface area (Å²) in [5, 5.41) is 16.5. The number of aromatic nitrogens is 2. The normalized spacial score (nSPS) is 12.0. The largest absolute Gasteiger partial charge is 0.435 e. The lowest BCUT2D eigenvalue weighted by molar-refractivity contribution is -0.385. The molecule has 13 heteroatoms. The maximum Gasteiger partial charge on any atom is 0.435 e. The molecular formula is C19H12F6N4O3. The van der Waals surface area contributed by atoms with E-state index >= 15 is 0 Å². The first-order valence-corrected chi connectivity index (χ1v) is 8.68. The highest BCUT2D eigenvalue weighted by molar-refractivity contribution is 6.07. The zero-order valence-corrected chi connectivity index (χ0v) is 16.0. The molecule has 1 heterocycles. The number of hydrogen-bond donors (Lipinski definition) is 1. The first-order chi connectivity index (χ1) is 14.8.